The van der Waals surface area contributed by atoms with E-state index in [-0.39, 0.29) is 5.56 Å². The number of benzene rings is 1. The number of aromatic carboxylic acids is 1. The van der Waals surface area contributed by atoms with Crippen LogP contribution < -0.4 is 5.73 Å². The molecule has 0 bridgehead atoms. The molecule has 3 N–H and O–H groups in total. The maximum absolute atomic E-state index is 10.5. The van der Waals surface area contributed by atoms with Crippen LogP contribution in [-0.2, 0) is 0 Å². The van der Waals surface area contributed by atoms with Gasteiger partial charge in [0.05, 0.1) is 5.56 Å². The van der Waals surface area contributed by atoms with Crippen LogP contribution in [-0.4, -0.2) is 11.1 Å². The van der Waals surface area contributed by atoms with E-state index in [2.05, 4.69) is 0 Å². The van der Waals surface area contributed by atoms with Crippen molar-refractivity contribution >= 4 is 11.7 Å². The summed E-state index contributed by atoms with van der Waals surface area (Å²) >= 11 is 0. The zero-order chi connectivity index (χ0) is 8.27. The Bertz CT molecular complexity index is 275. The molecule has 0 amide bonds. The lowest BCUT2D eigenvalue weighted by Gasteiger charge is -1.96. The molecule has 0 atom stereocenters. The van der Waals surface area contributed by atoms with Gasteiger partial charge in [-0.15, -0.1) is 0 Å². The number of anilines is 1. The van der Waals surface area contributed by atoms with Gasteiger partial charge in [0.2, 0.25) is 0 Å². The molecule has 3 nitrogen and oxygen atoms in total. The number of hydrogen-bond acceptors (Lipinski definition) is 2. The van der Waals surface area contributed by atoms with Gasteiger partial charge in [0.1, 0.15) is 0 Å². The van der Waals surface area contributed by atoms with Gasteiger partial charge in [-0.1, -0.05) is 12.1 Å². The number of nitrogens with two attached hydrogens (primary N) is 1. The number of carboxylic acids is 1. The second-order valence-corrected chi connectivity index (χ2v) is 1.85. The van der Waals surface area contributed by atoms with Gasteiger partial charge >= 0.3 is 5.97 Å². The highest BCUT2D eigenvalue weighted by Crippen LogP contribution is 2.08. The van der Waals surface area contributed by atoms with Crippen LogP contribution in [0.5, 0.6) is 0 Å². The van der Waals surface area contributed by atoms with Crippen molar-refractivity contribution in [2.45, 2.75) is 0 Å². The van der Waals surface area contributed by atoms with E-state index in [0.717, 1.165) is 0 Å². The molecule has 0 radical (unpaired) electrons. The van der Waals surface area contributed by atoms with Crippen molar-refractivity contribution in [3.05, 3.63) is 29.8 Å². The second-order valence-electron chi connectivity index (χ2n) is 1.85. The smallest absolute Gasteiger partial charge is 0.337 e. The molecule has 0 saturated heterocycles. The Morgan fingerprint density at radius 2 is 2.30 bits per heavy atom. The minimum Gasteiger partial charge on any atom is -0.478 e. The van der Waals surface area contributed by atoms with E-state index in [0.29, 0.717) is 5.69 Å². The van der Waals surface area contributed by atoms with Crippen LogP contribution in [0.1, 0.15) is 10.4 Å². The van der Waals surface area contributed by atoms with Crippen molar-refractivity contribution < 1.29 is 11.3 Å². The average Bonchev–Trinajstić information content (AvgIpc) is 2.04. The van der Waals surface area contributed by atoms with E-state index in [1.54, 1.807) is 12.1 Å². The first-order valence-electron chi connectivity index (χ1n) is 3.26. The largest absolute Gasteiger partial charge is 0.478 e. The van der Waals surface area contributed by atoms with E-state index in [9.17, 15) is 4.79 Å². The fourth-order valence-electron chi connectivity index (χ4n) is 0.670. The Kier molecular flexibility index (Phi) is 1.26. The van der Waals surface area contributed by atoms with Crippen LogP contribution >= 0.6 is 0 Å². The molecule has 0 saturated carbocycles. The summed E-state index contributed by atoms with van der Waals surface area (Å²) in [6.07, 6.45) is 0. The van der Waals surface area contributed by atoms with Crippen molar-refractivity contribution in [2.24, 2.45) is 0 Å². The second kappa shape index (κ2) is 2.39. The zero-order valence-corrected chi connectivity index (χ0v) is 5.16. The maximum atomic E-state index is 10.5. The van der Waals surface area contributed by atoms with Gasteiger partial charge in [0.25, 0.3) is 0 Å². The van der Waals surface area contributed by atoms with Crippen LogP contribution in [0.15, 0.2) is 24.3 Å². The molecule has 10 heavy (non-hydrogen) atoms. The third kappa shape index (κ3) is 1.07. The highest BCUT2D eigenvalue weighted by molar-refractivity contribution is 5.93. The third-order valence-corrected chi connectivity index (χ3v) is 1.16. The van der Waals surface area contributed by atoms with Crippen LogP contribution in [0.2, 0.25) is 1.41 Å². The van der Waals surface area contributed by atoms with Gasteiger partial charge in [0, 0.05) is 5.69 Å². The van der Waals surface area contributed by atoms with E-state index in [1.807, 2.05) is 5.73 Å². The molecule has 0 fully saturated rings. The number of hydrogen-bond donors (Lipinski definition) is 2. The van der Waals surface area contributed by atoms with E-state index in [1.165, 1.54) is 12.1 Å². The van der Waals surface area contributed by atoms with E-state index >= 15 is 0 Å². The Hall–Kier alpha value is -1.51. The number of nitrogen functional groups attached to an aromatic ring is 1. The molecule has 1 aromatic rings. The van der Waals surface area contributed by atoms with Crippen LogP contribution in [0.4, 0.5) is 5.69 Å². The third-order valence-electron chi connectivity index (χ3n) is 1.16. The molecular weight excluding hydrogens is 130 g/mol. The summed E-state index contributed by atoms with van der Waals surface area (Å²) in [5.41, 5.74) is 2.47. The van der Waals surface area contributed by atoms with Gasteiger partial charge in [-0.2, -0.15) is 0 Å². The molecule has 3 heteroatoms. The normalized spacial score (nSPS) is 10.2. The monoisotopic (exact) mass is 138 g/mol. The molecule has 52 valence electrons. The van der Waals surface area contributed by atoms with Gasteiger partial charge in [-0.05, 0) is 12.1 Å². The summed E-state index contributed by atoms with van der Waals surface area (Å²) in [6.45, 7) is 0. The van der Waals surface area contributed by atoms with Gasteiger partial charge in [0.15, 0.2) is 1.41 Å². The topological polar surface area (TPSA) is 63.3 Å². The highest BCUT2D eigenvalue weighted by atomic mass is 16.4. The van der Waals surface area contributed by atoms with Crippen molar-refractivity contribution in [1.82, 2.24) is 0 Å². The zero-order valence-electron chi connectivity index (χ0n) is 6.16. The van der Waals surface area contributed by atoms with Crippen LogP contribution in [0, 0.1) is 0 Å². The average molecular weight is 138 g/mol. The lowest BCUT2D eigenvalue weighted by molar-refractivity contribution is 0.0698. The fourth-order valence-corrected chi connectivity index (χ4v) is 0.670. The molecule has 0 aromatic heterocycles. The van der Waals surface area contributed by atoms with Crippen LogP contribution in [0.25, 0.3) is 0 Å². The first kappa shape index (κ1) is 5.29. The Morgan fingerprint density at radius 3 is 2.80 bits per heavy atom. The summed E-state index contributed by atoms with van der Waals surface area (Å²) < 4.78 is 6.76. The summed E-state index contributed by atoms with van der Waals surface area (Å²) in [4.78, 5) is 10.5. The predicted molar refractivity (Wildman–Crippen MR) is 37.8 cm³/mol. The Morgan fingerprint density at radius 1 is 1.60 bits per heavy atom. The minimum absolute atomic E-state index is 0.113. The lowest BCUT2D eigenvalue weighted by Crippen LogP contribution is -2.00. The molecule has 1 aromatic carbocycles. The molecule has 1 rings (SSSR count). The molecule has 0 aliphatic rings. The standard InChI is InChI=1S/C7H7NO2/c8-6-4-2-1-3-5(6)7(9)10/h1-4H,8H2,(H,9,10)/i/hD. The van der Waals surface area contributed by atoms with Crippen molar-refractivity contribution in [2.75, 3.05) is 5.73 Å². The number of para-hydroxylation sites is 1. The maximum Gasteiger partial charge on any atom is 0.337 e. The van der Waals surface area contributed by atoms with Crippen LogP contribution in [0.3, 0.4) is 0 Å². The molecule has 0 aliphatic heterocycles. The summed E-state index contributed by atoms with van der Waals surface area (Å²) in [6, 6.07) is 6.27. The molecular formula is C7H7NO2. The minimum atomic E-state index is -1.03. The summed E-state index contributed by atoms with van der Waals surface area (Å²) in [5.74, 6) is -1.03. The van der Waals surface area contributed by atoms with Crippen molar-refractivity contribution in [1.29, 1.82) is 0 Å². The first-order valence-corrected chi connectivity index (χ1v) is 2.76. The predicted octanol–water partition coefficient (Wildman–Crippen LogP) is 0.967. The Balaban J connectivity index is 3.12. The van der Waals surface area contributed by atoms with Gasteiger partial charge < -0.3 is 10.8 Å². The van der Waals surface area contributed by atoms with E-state index < -0.39 is 5.97 Å². The molecule has 0 spiro atoms. The SMILES string of the molecule is [2H]Nc1ccccc1C(=O)O. The quantitative estimate of drug-likeness (QED) is 0.598. The number of carboxylic acid groups (broad SMARTS) is 1. The molecule has 0 heterocycles. The number of carbonyl (C=O) groups is 1. The van der Waals surface area contributed by atoms with Gasteiger partial charge in [-0.25, -0.2) is 4.79 Å². The Labute approximate surface area is 59.6 Å². The fraction of sp³-hybridized carbons (Fsp3) is 0. The summed E-state index contributed by atoms with van der Waals surface area (Å²) in [5, 5.41) is 8.57. The van der Waals surface area contributed by atoms with Crippen molar-refractivity contribution in [3.63, 3.8) is 0 Å². The van der Waals surface area contributed by atoms with Gasteiger partial charge in [-0.3, -0.25) is 0 Å². The summed E-state index contributed by atoms with van der Waals surface area (Å²) in [7, 11) is 0. The lowest BCUT2D eigenvalue weighted by atomic mass is 10.2. The van der Waals surface area contributed by atoms with E-state index in [4.69, 9.17) is 6.52 Å². The highest BCUT2D eigenvalue weighted by Gasteiger charge is 2.03. The first-order chi connectivity index (χ1) is 5.25. The number of rotatable bonds is 2. The molecule has 0 aliphatic carbocycles. The van der Waals surface area contributed by atoms with Crippen molar-refractivity contribution in [3.8, 4) is 0 Å². The molecule has 0 unspecified atom stereocenters.